The number of aliphatic hydroxyl groups is 1. The smallest absolute Gasteiger partial charge is 0.0917 e. The second kappa shape index (κ2) is 6.37. The number of hydrogen-bond acceptors (Lipinski definition) is 4. The van der Waals surface area contributed by atoms with Gasteiger partial charge in [-0.2, -0.15) is 0 Å². The van der Waals surface area contributed by atoms with Gasteiger partial charge in [0.25, 0.3) is 0 Å². The van der Waals surface area contributed by atoms with Gasteiger partial charge in [0.05, 0.1) is 6.10 Å². The molecule has 1 aliphatic rings. The second-order valence-corrected chi connectivity index (χ2v) is 5.71. The number of benzene rings is 1. The van der Waals surface area contributed by atoms with E-state index in [1.807, 2.05) is 24.3 Å². The maximum Gasteiger partial charge on any atom is 0.0917 e. The molecule has 3 N–H and O–H groups in total. The van der Waals surface area contributed by atoms with Crippen molar-refractivity contribution in [2.75, 3.05) is 39.5 Å². The minimum absolute atomic E-state index is 0.454. The number of piperidine rings is 1. The number of nitrogen functional groups attached to an aromatic ring is 1. The molecule has 0 aliphatic carbocycles. The van der Waals surface area contributed by atoms with Crippen LogP contribution in [0.25, 0.3) is 0 Å². The van der Waals surface area contributed by atoms with E-state index in [0.717, 1.165) is 18.7 Å². The van der Waals surface area contributed by atoms with Crippen LogP contribution in [0.2, 0.25) is 0 Å². The molecule has 1 aromatic carbocycles. The summed E-state index contributed by atoms with van der Waals surface area (Å²) in [5.74, 6) is 0. The van der Waals surface area contributed by atoms with Crippen molar-refractivity contribution < 1.29 is 5.11 Å². The first-order valence-corrected chi connectivity index (χ1v) is 6.98. The first-order chi connectivity index (χ1) is 9.06. The lowest BCUT2D eigenvalue weighted by molar-refractivity contribution is 0.0722. The number of anilines is 1. The summed E-state index contributed by atoms with van der Waals surface area (Å²) in [6.07, 6.45) is 1.99. The highest BCUT2D eigenvalue weighted by atomic mass is 16.3. The summed E-state index contributed by atoms with van der Waals surface area (Å²) < 4.78 is 0. The third kappa shape index (κ3) is 3.93. The van der Waals surface area contributed by atoms with Crippen LogP contribution in [0.4, 0.5) is 5.69 Å². The Morgan fingerprint density at radius 2 is 2.26 bits per heavy atom. The molecule has 2 rings (SSSR count). The monoisotopic (exact) mass is 263 g/mol. The fourth-order valence-corrected chi connectivity index (χ4v) is 2.73. The summed E-state index contributed by atoms with van der Waals surface area (Å²) in [5.41, 5.74) is 7.38. The Hall–Kier alpha value is -1.10. The molecule has 0 spiro atoms. The van der Waals surface area contributed by atoms with E-state index in [0.29, 0.717) is 18.3 Å². The Morgan fingerprint density at radius 3 is 2.95 bits per heavy atom. The lowest BCUT2D eigenvalue weighted by Crippen LogP contribution is -2.46. The Balaban J connectivity index is 1.93. The van der Waals surface area contributed by atoms with Gasteiger partial charge in [0.15, 0.2) is 0 Å². The molecule has 0 bridgehead atoms. The van der Waals surface area contributed by atoms with Crippen LogP contribution in [-0.4, -0.2) is 54.7 Å². The molecule has 2 unspecified atom stereocenters. The zero-order valence-corrected chi connectivity index (χ0v) is 11.9. The predicted octanol–water partition coefficient (Wildman–Crippen LogP) is 1.33. The summed E-state index contributed by atoms with van der Waals surface area (Å²) in [6, 6.07) is 8.14. The van der Waals surface area contributed by atoms with Crippen LogP contribution >= 0.6 is 0 Å². The van der Waals surface area contributed by atoms with Crippen molar-refractivity contribution in [3.05, 3.63) is 29.8 Å². The normalized spacial score (nSPS) is 22.6. The summed E-state index contributed by atoms with van der Waals surface area (Å²) in [7, 11) is 4.25. The average molecular weight is 263 g/mol. The van der Waals surface area contributed by atoms with Crippen LogP contribution < -0.4 is 5.73 Å². The van der Waals surface area contributed by atoms with E-state index in [4.69, 9.17) is 5.73 Å². The Morgan fingerprint density at radius 1 is 1.47 bits per heavy atom. The summed E-state index contributed by atoms with van der Waals surface area (Å²) >= 11 is 0. The van der Waals surface area contributed by atoms with Crippen LogP contribution in [0.15, 0.2) is 24.3 Å². The van der Waals surface area contributed by atoms with E-state index >= 15 is 0 Å². The highest BCUT2D eigenvalue weighted by Gasteiger charge is 2.23. The van der Waals surface area contributed by atoms with Crippen molar-refractivity contribution in [1.29, 1.82) is 0 Å². The zero-order chi connectivity index (χ0) is 13.8. The lowest BCUT2D eigenvalue weighted by atomic mass is 10.0. The van der Waals surface area contributed by atoms with E-state index in [1.54, 1.807) is 0 Å². The van der Waals surface area contributed by atoms with Crippen molar-refractivity contribution in [1.82, 2.24) is 9.80 Å². The quantitative estimate of drug-likeness (QED) is 0.805. The number of likely N-dealkylation sites (tertiary alicyclic amines) is 1. The van der Waals surface area contributed by atoms with Crippen LogP contribution in [0.1, 0.15) is 24.5 Å². The molecule has 19 heavy (non-hydrogen) atoms. The lowest BCUT2D eigenvalue weighted by Gasteiger charge is -2.37. The van der Waals surface area contributed by atoms with Crippen LogP contribution in [0, 0.1) is 0 Å². The summed E-state index contributed by atoms with van der Waals surface area (Å²) in [5, 5.41) is 10.3. The highest BCUT2D eigenvalue weighted by molar-refractivity contribution is 5.41. The van der Waals surface area contributed by atoms with Crippen LogP contribution in [0.5, 0.6) is 0 Å². The van der Waals surface area contributed by atoms with E-state index in [-0.39, 0.29) is 0 Å². The molecule has 0 saturated carbocycles. The largest absolute Gasteiger partial charge is 0.399 e. The number of rotatable bonds is 4. The maximum atomic E-state index is 10.3. The van der Waals surface area contributed by atoms with Gasteiger partial charge in [-0.3, -0.25) is 4.90 Å². The molecular formula is C15H25N3O. The Labute approximate surface area is 115 Å². The van der Waals surface area contributed by atoms with Crippen molar-refractivity contribution >= 4 is 5.69 Å². The standard InChI is InChI=1S/C15H25N3O/c1-17(2)14-7-4-8-18(10-14)11-15(19)12-5-3-6-13(16)9-12/h3,5-6,9,14-15,19H,4,7-8,10-11,16H2,1-2H3. The molecule has 106 valence electrons. The second-order valence-electron chi connectivity index (χ2n) is 5.71. The molecule has 4 heteroatoms. The summed E-state index contributed by atoms with van der Waals surface area (Å²) in [4.78, 5) is 4.63. The minimum Gasteiger partial charge on any atom is -0.399 e. The molecule has 1 aliphatic heterocycles. The van der Waals surface area contributed by atoms with Crippen LogP contribution in [0.3, 0.4) is 0 Å². The predicted molar refractivity (Wildman–Crippen MR) is 79.0 cm³/mol. The molecule has 0 radical (unpaired) electrons. The molecule has 1 fully saturated rings. The number of nitrogens with zero attached hydrogens (tertiary/aromatic N) is 2. The number of likely N-dealkylation sites (N-methyl/N-ethyl adjacent to an activating group) is 1. The minimum atomic E-state index is -0.454. The van der Waals surface area contributed by atoms with Gasteiger partial charge in [0, 0.05) is 24.8 Å². The number of nitrogens with two attached hydrogens (primary N) is 1. The molecular weight excluding hydrogens is 238 g/mol. The van der Waals surface area contributed by atoms with Crippen molar-refractivity contribution in [2.45, 2.75) is 25.0 Å². The van der Waals surface area contributed by atoms with E-state index in [2.05, 4.69) is 23.9 Å². The number of β-amino-alcohol motifs (C(OH)–C–C–N with tert-alkyl or cyclic N) is 1. The average Bonchev–Trinajstić information content (AvgIpc) is 2.39. The van der Waals surface area contributed by atoms with E-state index < -0.39 is 6.10 Å². The van der Waals surface area contributed by atoms with E-state index in [9.17, 15) is 5.11 Å². The van der Waals surface area contributed by atoms with Crippen molar-refractivity contribution in [3.63, 3.8) is 0 Å². The molecule has 0 aromatic heterocycles. The Kier molecular flexibility index (Phi) is 4.80. The molecule has 0 amide bonds. The summed E-state index contributed by atoms with van der Waals surface area (Å²) in [6.45, 7) is 2.80. The SMILES string of the molecule is CN(C)C1CCCN(CC(O)c2cccc(N)c2)C1. The van der Waals surface area contributed by atoms with Gasteiger partial charge in [0.1, 0.15) is 0 Å². The molecule has 1 heterocycles. The topological polar surface area (TPSA) is 52.7 Å². The number of aliphatic hydroxyl groups excluding tert-OH is 1. The van der Waals surface area contributed by atoms with Gasteiger partial charge in [-0.1, -0.05) is 12.1 Å². The molecule has 2 atom stereocenters. The van der Waals surface area contributed by atoms with Gasteiger partial charge in [0.2, 0.25) is 0 Å². The first-order valence-electron chi connectivity index (χ1n) is 6.98. The van der Waals surface area contributed by atoms with Crippen LogP contribution in [-0.2, 0) is 0 Å². The fraction of sp³-hybridized carbons (Fsp3) is 0.600. The van der Waals surface area contributed by atoms with Crippen molar-refractivity contribution in [3.8, 4) is 0 Å². The molecule has 1 saturated heterocycles. The first kappa shape index (κ1) is 14.3. The zero-order valence-electron chi connectivity index (χ0n) is 11.9. The van der Waals surface area contributed by atoms with Gasteiger partial charge >= 0.3 is 0 Å². The number of hydrogen-bond donors (Lipinski definition) is 2. The van der Waals surface area contributed by atoms with Gasteiger partial charge < -0.3 is 15.7 Å². The third-order valence-corrected chi connectivity index (χ3v) is 3.94. The molecule has 1 aromatic rings. The Bertz CT molecular complexity index is 408. The van der Waals surface area contributed by atoms with Crippen molar-refractivity contribution in [2.24, 2.45) is 0 Å². The highest BCUT2D eigenvalue weighted by Crippen LogP contribution is 2.20. The molecule has 4 nitrogen and oxygen atoms in total. The fourth-order valence-electron chi connectivity index (χ4n) is 2.73. The van der Waals surface area contributed by atoms with E-state index in [1.165, 1.54) is 12.8 Å². The van der Waals surface area contributed by atoms with Gasteiger partial charge in [-0.05, 0) is 51.2 Å². The maximum absolute atomic E-state index is 10.3. The van der Waals surface area contributed by atoms with Gasteiger partial charge in [-0.25, -0.2) is 0 Å². The third-order valence-electron chi connectivity index (χ3n) is 3.94. The van der Waals surface area contributed by atoms with Gasteiger partial charge in [-0.15, -0.1) is 0 Å².